The maximum Gasteiger partial charge on any atom is 0.231 e. The van der Waals surface area contributed by atoms with Crippen molar-refractivity contribution in [1.82, 2.24) is 0 Å². The first kappa shape index (κ1) is 27.1. The molecule has 0 N–H and O–H groups in total. The van der Waals surface area contributed by atoms with Crippen molar-refractivity contribution in [2.24, 2.45) is 0 Å². The fourth-order valence-electron chi connectivity index (χ4n) is 4.77. The lowest BCUT2D eigenvalue weighted by Crippen LogP contribution is -2.00. The Bertz CT molecular complexity index is 1450. The average molecular weight is 543 g/mol. The third kappa shape index (κ3) is 6.20. The highest BCUT2D eigenvalue weighted by Gasteiger charge is 2.23. The normalized spacial score (nSPS) is 11.7. The van der Waals surface area contributed by atoms with Gasteiger partial charge in [0, 0.05) is 6.07 Å². The monoisotopic (exact) mass is 542 g/mol. The van der Waals surface area contributed by atoms with Crippen LogP contribution in [-0.4, -0.2) is 35.2 Å². The van der Waals surface area contributed by atoms with Gasteiger partial charge in [-0.3, -0.25) is 0 Å². The minimum absolute atomic E-state index is 0.152. The minimum atomic E-state index is 0.152. The predicted octanol–water partition coefficient (Wildman–Crippen LogP) is 6.81. The molecule has 0 atom stereocenters. The molecule has 4 aromatic carbocycles. The maximum atomic E-state index is 6.47. The summed E-state index contributed by atoms with van der Waals surface area (Å²) in [5.74, 6) is 5.42. The Morgan fingerprint density at radius 2 is 1.30 bits per heavy atom. The number of hydrogen-bond donors (Lipinski definition) is 0. The molecule has 0 saturated carbocycles. The fourth-order valence-corrected chi connectivity index (χ4v) is 4.77. The molecule has 0 aliphatic carbocycles. The van der Waals surface area contributed by atoms with Crippen molar-refractivity contribution in [2.45, 2.75) is 25.7 Å². The maximum absolute atomic E-state index is 6.47. The molecule has 0 saturated heterocycles. The van der Waals surface area contributed by atoms with Crippen LogP contribution in [-0.2, 0) is 25.7 Å². The molecular weight excluding hydrogens is 508 g/mol. The zero-order chi connectivity index (χ0) is 27.9. The molecule has 0 radical (unpaired) electrons. The second kappa shape index (κ2) is 12.6. The molecule has 4 aromatic rings. The van der Waals surface area contributed by atoms with Crippen LogP contribution in [0, 0.1) is 0 Å². The molecule has 0 bridgehead atoms. The van der Waals surface area contributed by atoms with Crippen molar-refractivity contribution in [3.8, 4) is 46.0 Å². The highest BCUT2D eigenvalue weighted by molar-refractivity contribution is 5.59. The predicted molar refractivity (Wildman–Crippen MR) is 153 cm³/mol. The van der Waals surface area contributed by atoms with Crippen molar-refractivity contribution in [3.63, 3.8) is 0 Å². The second-order valence-corrected chi connectivity index (χ2v) is 9.44. The number of aryl methyl sites for hydroxylation is 4. The van der Waals surface area contributed by atoms with Gasteiger partial charge in [0.05, 0.1) is 28.4 Å². The Kier molecular flexibility index (Phi) is 8.50. The van der Waals surface area contributed by atoms with Crippen LogP contribution in [0.15, 0.2) is 72.8 Å². The van der Waals surface area contributed by atoms with E-state index < -0.39 is 0 Å². The molecule has 1 aliphatic rings. The van der Waals surface area contributed by atoms with E-state index in [4.69, 9.17) is 33.2 Å². The molecule has 0 spiro atoms. The summed E-state index contributed by atoms with van der Waals surface area (Å²) in [6, 6.07) is 24.1. The fraction of sp³-hybridized carbons (Fsp3) is 0.273. The van der Waals surface area contributed by atoms with Crippen molar-refractivity contribution in [2.75, 3.05) is 35.2 Å². The lowest BCUT2D eigenvalue weighted by Gasteiger charge is -2.17. The number of hydrogen-bond acceptors (Lipinski definition) is 7. The van der Waals surface area contributed by atoms with Crippen molar-refractivity contribution < 1.29 is 33.2 Å². The first-order chi connectivity index (χ1) is 19.6. The summed E-state index contributed by atoms with van der Waals surface area (Å²) < 4.78 is 40.0. The minimum Gasteiger partial charge on any atom is -0.497 e. The Morgan fingerprint density at radius 3 is 2.05 bits per heavy atom. The summed E-state index contributed by atoms with van der Waals surface area (Å²) in [7, 11) is 6.63. The molecule has 0 amide bonds. The third-order valence-corrected chi connectivity index (χ3v) is 6.96. The van der Waals surface area contributed by atoms with E-state index >= 15 is 0 Å². The molecule has 208 valence electrons. The summed E-state index contributed by atoms with van der Waals surface area (Å²) in [5.41, 5.74) is 4.48. The molecule has 0 unspecified atom stereocenters. The van der Waals surface area contributed by atoms with E-state index in [1.807, 2.05) is 54.6 Å². The van der Waals surface area contributed by atoms with Crippen molar-refractivity contribution in [3.05, 3.63) is 95.1 Å². The van der Waals surface area contributed by atoms with E-state index in [-0.39, 0.29) is 6.79 Å². The Labute approximate surface area is 235 Å². The Morgan fingerprint density at radius 1 is 0.550 bits per heavy atom. The van der Waals surface area contributed by atoms with Crippen LogP contribution in [0.5, 0.6) is 46.0 Å². The van der Waals surface area contributed by atoms with Gasteiger partial charge in [0.15, 0.2) is 23.0 Å². The molecule has 1 heterocycles. The van der Waals surface area contributed by atoms with Crippen LogP contribution < -0.4 is 33.2 Å². The Balaban J connectivity index is 1.39. The van der Waals surface area contributed by atoms with E-state index in [0.29, 0.717) is 28.7 Å². The number of rotatable bonds is 12. The summed E-state index contributed by atoms with van der Waals surface area (Å²) in [6.07, 6.45) is 3.23. The van der Waals surface area contributed by atoms with Crippen LogP contribution in [0.2, 0.25) is 0 Å². The van der Waals surface area contributed by atoms with E-state index in [9.17, 15) is 0 Å². The van der Waals surface area contributed by atoms with Crippen LogP contribution >= 0.6 is 0 Å². The summed E-state index contributed by atoms with van der Waals surface area (Å²) in [4.78, 5) is 0. The van der Waals surface area contributed by atoms with Gasteiger partial charge in [-0.1, -0.05) is 24.3 Å². The van der Waals surface area contributed by atoms with Crippen LogP contribution in [0.4, 0.5) is 0 Å². The largest absolute Gasteiger partial charge is 0.497 e. The molecule has 0 fully saturated rings. The first-order valence-corrected chi connectivity index (χ1v) is 13.2. The molecule has 5 rings (SSSR count). The van der Waals surface area contributed by atoms with Gasteiger partial charge in [0.25, 0.3) is 0 Å². The lowest BCUT2D eigenvalue weighted by molar-refractivity contribution is 0.171. The first-order valence-electron chi connectivity index (χ1n) is 13.2. The van der Waals surface area contributed by atoms with Gasteiger partial charge in [0.2, 0.25) is 12.5 Å². The zero-order valence-corrected chi connectivity index (χ0v) is 23.3. The van der Waals surface area contributed by atoms with E-state index in [0.717, 1.165) is 54.1 Å². The summed E-state index contributed by atoms with van der Waals surface area (Å²) in [5, 5.41) is 0. The quantitative estimate of drug-likeness (QED) is 0.195. The highest BCUT2D eigenvalue weighted by Crippen LogP contribution is 2.46. The van der Waals surface area contributed by atoms with Crippen molar-refractivity contribution in [1.29, 1.82) is 0 Å². The molecule has 7 heteroatoms. The zero-order valence-electron chi connectivity index (χ0n) is 23.3. The van der Waals surface area contributed by atoms with Gasteiger partial charge < -0.3 is 33.2 Å². The van der Waals surface area contributed by atoms with Crippen LogP contribution in [0.3, 0.4) is 0 Å². The lowest BCUT2D eigenvalue weighted by atomic mass is 10.0. The van der Waals surface area contributed by atoms with Crippen LogP contribution in [0.1, 0.15) is 22.3 Å². The number of methoxy groups -OCH3 is 4. The summed E-state index contributed by atoms with van der Waals surface area (Å²) in [6.45, 7) is 0.152. The van der Waals surface area contributed by atoms with E-state index in [2.05, 4.69) is 18.2 Å². The molecule has 40 heavy (non-hydrogen) atoms. The highest BCUT2D eigenvalue weighted by atomic mass is 16.7. The van der Waals surface area contributed by atoms with Gasteiger partial charge in [-0.05, 0) is 90.4 Å². The SMILES string of the molecule is COc1ccc(CCc2cc3c(c(Oc4cc(CCc5cccc(OC)c5)c(OC)cc4OC)c2)OCO3)cc1. The van der Waals surface area contributed by atoms with Gasteiger partial charge >= 0.3 is 0 Å². The third-order valence-electron chi connectivity index (χ3n) is 6.96. The Hall–Kier alpha value is -4.52. The van der Waals surface area contributed by atoms with Crippen molar-refractivity contribution >= 4 is 0 Å². The van der Waals surface area contributed by atoms with Gasteiger partial charge in [-0.25, -0.2) is 0 Å². The standard InChI is InChI=1S/C33H34O7/c1-34-26-14-11-22(12-15-26)8-9-24-17-31-33(39-21-38-31)32(18-24)40-30-19-25(28(36-3)20-29(30)37-4)13-10-23-6-5-7-27(16-23)35-2/h5-7,11-12,14-20H,8-10,13,21H2,1-4H3. The smallest absolute Gasteiger partial charge is 0.231 e. The molecule has 0 aromatic heterocycles. The summed E-state index contributed by atoms with van der Waals surface area (Å²) >= 11 is 0. The van der Waals surface area contributed by atoms with E-state index in [1.165, 1.54) is 11.1 Å². The molecule has 1 aliphatic heterocycles. The number of fused-ring (bicyclic) bond motifs is 1. The second-order valence-electron chi connectivity index (χ2n) is 9.44. The van der Waals surface area contributed by atoms with Gasteiger partial charge in [-0.15, -0.1) is 0 Å². The number of ether oxygens (including phenoxy) is 7. The number of benzene rings is 4. The molecule has 7 nitrogen and oxygen atoms in total. The topological polar surface area (TPSA) is 64.6 Å². The van der Waals surface area contributed by atoms with Gasteiger partial charge in [0.1, 0.15) is 17.2 Å². The van der Waals surface area contributed by atoms with Gasteiger partial charge in [-0.2, -0.15) is 0 Å². The van der Waals surface area contributed by atoms with Crippen LogP contribution in [0.25, 0.3) is 0 Å². The average Bonchev–Trinajstić information content (AvgIpc) is 3.48. The van der Waals surface area contributed by atoms with E-state index in [1.54, 1.807) is 28.4 Å². The molecular formula is C33H34O7.